The van der Waals surface area contributed by atoms with Crippen LogP contribution >= 0.6 is 0 Å². The predicted molar refractivity (Wildman–Crippen MR) is 65.5 cm³/mol. The van der Waals surface area contributed by atoms with E-state index in [0.29, 0.717) is 11.3 Å². The van der Waals surface area contributed by atoms with Gasteiger partial charge in [-0.15, -0.1) is 0 Å². The van der Waals surface area contributed by atoms with E-state index in [9.17, 15) is 4.39 Å². The van der Waals surface area contributed by atoms with Gasteiger partial charge in [0.1, 0.15) is 6.67 Å². The first kappa shape index (κ1) is 11.7. The van der Waals surface area contributed by atoms with Gasteiger partial charge in [0.25, 0.3) is 0 Å². The minimum absolute atomic E-state index is 0.236. The fourth-order valence-corrected chi connectivity index (χ4v) is 2.45. The zero-order valence-electron chi connectivity index (χ0n) is 10.2. The normalized spacial score (nSPS) is 19.2. The van der Waals surface area contributed by atoms with Crippen LogP contribution in [0.5, 0.6) is 11.5 Å². The van der Waals surface area contributed by atoms with Crippen LogP contribution in [0.3, 0.4) is 0 Å². The van der Waals surface area contributed by atoms with E-state index in [2.05, 4.69) is 10.2 Å². The molecule has 1 fully saturated rings. The number of halogens is 1. The topological polar surface area (TPSA) is 33.7 Å². The summed E-state index contributed by atoms with van der Waals surface area (Å²) in [5, 5.41) is 3.32. The Bertz CT molecular complexity index is 433. The Kier molecular flexibility index (Phi) is 3.34. The van der Waals surface area contributed by atoms with Crippen molar-refractivity contribution in [1.82, 2.24) is 10.2 Å². The SMILES string of the molecule is FCc1cc(CN2CCNCC2)c2c(c1)OCO2. The van der Waals surface area contributed by atoms with Crippen LogP contribution in [0, 0.1) is 0 Å². The maximum atomic E-state index is 12.8. The molecule has 98 valence electrons. The van der Waals surface area contributed by atoms with E-state index in [1.165, 1.54) is 0 Å². The van der Waals surface area contributed by atoms with E-state index in [0.717, 1.165) is 44.0 Å². The van der Waals surface area contributed by atoms with Crippen molar-refractivity contribution in [3.05, 3.63) is 23.3 Å². The number of benzene rings is 1. The van der Waals surface area contributed by atoms with Gasteiger partial charge in [0.05, 0.1) is 0 Å². The molecule has 4 nitrogen and oxygen atoms in total. The molecule has 2 aliphatic heterocycles. The Morgan fingerprint density at radius 2 is 2.06 bits per heavy atom. The zero-order valence-corrected chi connectivity index (χ0v) is 10.2. The molecule has 5 heteroatoms. The first-order chi connectivity index (χ1) is 8.86. The highest BCUT2D eigenvalue weighted by atomic mass is 19.1. The van der Waals surface area contributed by atoms with Gasteiger partial charge in [0, 0.05) is 38.3 Å². The van der Waals surface area contributed by atoms with Crippen LogP contribution in [0.25, 0.3) is 0 Å². The maximum Gasteiger partial charge on any atom is 0.231 e. The molecule has 0 bridgehead atoms. The average Bonchev–Trinajstić information content (AvgIpc) is 2.88. The van der Waals surface area contributed by atoms with Gasteiger partial charge in [0.2, 0.25) is 6.79 Å². The Hall–Kier alpha value is -1.33. The van der Waals surface area contributed by atoms with Gasteiger partial charge >= 0.3 is 0 Å². The molecule has 0 aromatic heterocycles. The second kappa shape index (κ2) is 5.12. The van der Waals surface area contributed by atoms with Crippen LogP contribution in [-0.4, -0.2) is 37.9 Å². The molecule has 1 aromatic carbocycles. The largest absolute Gasteiger partial charge is 0.454 e. The van der Waals surface area contributed by atoms with Gasteiger partial charge < -0.3 is 14.8 Å². The van der Waals surface area contributed by atoms with Crippen LogP contribution < -0.4 is 14.8 Å². The van der Waals surface area contributed by atoms with Crippen LogP contribution in [0.4, 0.5) is 4.39 Å². The summed E-state index contributed by atoms with van der Waals surface area (Å²) in [5.74, 6) is 1.46. The summed E-state index contributed by atoms with van der Waals surface area (Å²) in [6.45, 7) is 4.59. The lowest BCUT2D eigenvalue weighted by Crippen LogP contribution is -2.42. The van der Waals surface area contributed by atoms with Crippen LogP contribution in [-0.2, 0) is 13.2 Å². The fourth-order valence-electron chi connectivity index (χ4n) is 2.45. The van der Waals surface area contributed by atoms with Gasteiger partial charge in [-0.1, -0.05) is 0 Å². The Morgan fingerprint density at radius 3 is 2.83 bits per heavy atom. The third-order valence-electron chi connectivity index (χ3n) is 3.37. The Labute approximate surface area is 106 Å². The van der Waals surface area contributed by atoms with Gasteiger partial charge in [-0.2, -0.15) is 0 Å². The van der Waals surface area contributed by atoms with E-state index in [4.69, 9.17) is 9.47 Å². The lowest BCUT2D eigenvalue weighted by molar-refractivity contribution is 0.171. The predicted octanol–water partition coefficient (Wildman–Crippen LogP) is 1.29. The molecule has 1 saturated heterocycles. The fraction of sp³-hybridized carbons (Fsp3) is 0.538. The monoisotopic (exact) mass is 252 g/mol. The molecule has 2 aliphatic rings. The second-order valence-electron chi connectivity index (χ2n) is 4.65. The lowest BCUT2D eigenvalue weighted by Gasteiger charge is -2.27. The molecule has 0 unspecified atom stereocenters. The van der Waals surface area contributed by atoms with Crippen molar-refractivity contribution in [3.8, 4) is 11.5 Å². The Balaban J connectivity index is 1.83. The molecule has 0 radical (unpaired) electrons. The molecule has 18 heavy (non-hydrogen) atoms. The second-order valence-corrected chi connectivity index (χ2v) is 4.65. The first-order valence-corrected chi connectivity index (χ1v) is 6.27. The number of alkyl halides is 1. The van der Waals surface area contributed by atoms with E-state index >= 15 is 0 Å². The van der Waals surface area contributed by atoms with E-state index in [1.54, 1.807) is 6.07 Å². The lowest BCUT2D eigenvalue weighted by atomic mass is 10.1. The minimum atomic E-state index is -0.467. The number of piperazine rings is 1. The number of rotatable bonds is 3. The molecule has 1 aromatic rings. The third kappa shape index (κ3) is 2.28. The van der Waals surface area contributed by atoms with Crippen molar-refractivity contribution in [2.75, 3.05) is 33.0 Å². The summed E-state index contributed by atoms with van der Waals surface area (Å²) >= 11 is 0. The van der Waals surface area contributed by atoms with Crippen LogP contribution in [0.2, 0.25) is 0 Å². The summed E-state index contributed by atoms with van der Waals surface area (Å²) in [7, 11) is 0. The molecule has 0 amide bonds. The standard InChI is InChI=1S/C13H17FN2O2/c14-7-10-5-11(8-16-3-1-15-2-4-16)13-12(6-10)17-9-18-13/h5-6,15H,1-4,7-9H2. The summed E-state index contributed by atoms with van der Waals surface area (Å²) < 4.78 is 23.7. The average molecular weight is 252 g/mol. The number of hydrogen-bond acceptors (Lipinski definition) is 4. The summed E-state index contributed by atoms with van der Waals surface area (Å²) in [5.41, 5.74) is 1.68. The van der Waals surface area contributed by atoms with Gasteiger partial charge in [-0.25, -0.2) is 4.39 Å². The highest BCUT2D eigenvalue weighted by molar-refractivity contribution is 5.50. The van der Waals surface area contributed by atoms with Crippen molar-refractivity contribution in [3.63, 3.8) is 0 Å². The van der Waals surface area contributed by atoms with Crippen LogP contribution in [0.15, 0.2) is 12.1 Å². The van der Waals surface area contributed by atoms with Crippen molar-refractivity contribution in [1.29, 1.82) is 0 Å². The molecule has 3 rings (SSSR count). The maximum absolute atomic E-state index is 12.8. The first-order valence-electron chi connectivity index (χ1n) is 6.27. The van der Waals surface area contributed by atoms with Crippen molar-refractivity contribution in [2.24, 2.45) is 0 Å². The molecule has 0 aliphatic carbocycles. The number of ether oxygens (including phenoxy) is 2. The molecule has 0 atom stereocenters. The van der Waals surface area contributed by atoms with Gasteiger partial charge in [-0.05, 0) is 17.7 Å². The summed E-state index contributed by atoms with van der Waals surface area (Å²) in [6.07, 6.45) is 0. The number of nitrogens with one attached hydrogen (secondary N) is 1. The van der Waals surface area contributed by atoms with E-state index in [1.807, 2.05) is 6.07 Å². The Morgan fingerprint density at radius 1 is 1.22 bits per heavy atom. The molecular formula is C13H17FN2O2. The quantitative estimate of drug-likeness (QED) is 0.879. The molecule has 1 N–H and O–H groups in total. The number of fused-ring (bicyclic) bond motifs is 1. The smallest absolute Gasteiger partial charge is 0.231 e. The van der Waals surface area contributed by atoms with Crippen LogP contribution in [0.1, 0.15) is 11.1 Å². The van der Waals surface area contributed by atoms with E-state index in [-0.39, 0.29) is 6.79 Å². The highest BCUT2D eigenvalue weighted by Crippen LogP contribution is 2.37. The van der Waals surface area contributed by atoms with Gasteiger partial charge in [-0.3, -0.25) is 4.90 Å². The van der Waals surface area contributed by atoms with Crippen molar-refractivity contribution < 1.29 is 13.9 Å². The molecule has 2 heterocycles. The van der Waals surface area contributed by atoms with Crippen molar-refractivity contribution >= 4 is 0 Å². The highest BCUT2D eigenvalue weighted by Gasteiger charge is 2.21. The van der Waals surface area contributed by atoms with Gasteiger partial charge in [0.15, 0.2) is 11.5 Å². The van der Waals surface area contributed by atoms with E-state index < -0.39 is 6.67 Å². The minimum Gasteiger partial charge on any atom is -0.454 e. The summed E-state index contributed by atoms with van der Waals surface area (Å²) in [6, 6.07) is 3.61. The zero-order chi connectivity index (χ0) is 12.4. The molecule has 0 spiro atoms. The molecule has 0 saturated carbocycles. The number of hydrogen-bond donors (Lipinski definition) is 1. The number of nitrogens with zero attached hydrogens (tertiary/aromatic N) is 1. The van der Waals surface area contributed by atoms with Crippen molar-refractivity contribution in [2.45, 2.75) is 13.2 Å². The molecular weight excluding hydrogens is 235 g/mol. The summed E-state index contributed by atoms with van der Waals surface area (Å²) in [4.78, 5) is 2.34. The third-order valence-corrected chi connectivity index (χ3v) is 3.37.